The molecule has 2 aromatic carbocycles. The second-order valence-electron chi connectivity index (χ2n) is 8.47. The fraction of sp³-hybridized carbons (Fsp3) is 0.520. The van der Waals surface area contributed by atoms with E-state index in [0.717, 1.165) is 54.7 Å². The Labute approximate surface area is 187 Å². The molecule has 1 aliphatic heterocycles. The van der Waals surface area contributed by atoms with E-state index in [1.807, 2.05) is 37.3 Å². The molecule has 0 radical (unpaired) electrons. The predicted octanol–water partition coefficient (Wildman–Crippen LogP) is 4.61. The molecule has 0 saturated carbocycles. The number of benzene rings is 2. The van der Waals surface area contributed by atoms with E-state index in [-0.39, 0.29) is 11.8 Å². The molecule has 0 bridgehead atoms. The van der Waals surface area contributed by atoms with E-state index in [9.17, 15) is 8.42 Å². The quantitative estimate of drug-likeness (QED) is 0.591. The molecule has 0 spiro atoms. The first-order valence-electron chi connectivity index (χ1n) is 11.4. The van der Waals surface area contributed by atoms with Crippen LogP contribution in [0.15, 0.2) is 47.4 Å². The van der Waals surface area contributed by atoms with Crippen molar-refractivity contribution in [1.29, 1.82) is 0 Å². The zero-order valence-electron chi connectivity index (χ0n) is 19.2. The average Bonchev–Trinajstić information content (AvgIpc) is 2.88. The average molecular weight is 445 g/mol. The van der Waals surface area contributed by atoms with Gasteiger partial charge in [-0.15, -0.1) is 0 Å². The lowest BCUT2D eigenvalue weighted by molar-refractivity contribution is 0.294. The minimum atomic E-state index is -3.49. The van der Waals surface area contributed by atoms with E-state index in [2.05, 4.69) is 36.6 Å². The molecule has 0 saturated heterocycles. The highest BCUT2D eigenvalue weighted by atomic mass is 32.2. The summed E-state index contributed by atoms with van der Waals surface area (Å²) in [5, 5.41) is 7.10. The third kappa shape index (κ3) is 5.13. The standard InChI is InChI=1S/C25H36N2O3S/c1-5-8-14-25(6-2)18-31(28,29)23-15-20(17-26-7-3)22(30-4)16-21(23)24(27-25)19-12-10-9-11-13-19/h9-13,15-16,24,26-27H,5-8,14,17-18H2,1-4H3/t24-,25-/m1/s1. The Hall–Kier alpha value is -1.89. The van der Waals surface area contributed by atoms with Gasteiger partial charge in [-0.25, -0.2) is 8.42 Å². The Morgan fingerprint density at radius 3 is 2.52 bits per heavy atom. The Balaban J connectivity index is 2.23. The highest BCUT2D eigenvalue weighted by molar-refractivity contribution is 7.91. The summed E-state index contributed by atoms with van der Waals surface area (Å²) in [5.41, 5.74) is 2.24. The monoisotopic (exact) mass is 444 g/mol. The Morgan fingerprint density at radius 1 is 1.16 bits per heavy atom. The number of hydrogen-bond acceptors (Lipinski definition) is 5. The Bertz CT molecular complexity index is 976. The van der Waals surface area contributed by atoms with Crippen LogP contribution in [0.3, 0.4) is 0 Å². The van der Waals surface area contributed by atoms with Gasteiger partial charge in [0.05, 0.1) is 23.8 Å². The van der Waals surface area contributed by atoms with Gasteiger partial charge in [-0.3, -0.25) is 5.32 Å². The lowest BCUT2D eigenvalue weighted by Crippen LogP contribution is -2.50. The molecule has 1 heterocycles. The third-order valence-electron chi connectivity index (χ3n) is 6.36. The van der Waals surface area contributed by atoms with E-state index in [4.69, 9.17) is 4.74 Å². The lowest BCUT2D eigenvalue weighted by Gasteiger charge is -2.36. The van der Waals surface area contributed by atoms with Gasteiger partial charge in [0.25, 0.3) is 0 Å². The largest absolute Gasteiger partial charge is 0.496 e. The Morgan fingerprint density at radius 2 is 1.90 bits per heavy atom. The highest BCUT2D eigenvalue weighted by Gasteiger charge is 2.42. The van der Waals surface area contributed by atoms with Gasteiger partial charge in [0.2, 0.25) is 0 Å². The van der Waals surface area contributed by atoms with Gasteiger partial charge in [0.15, 0.2) is 9.84 Å². The SMILES string of the molecule is CCCC[C@]1(CC)CS(=O)(=O)c2cc(CNCC)c(OC)cc2[C@@H](c2ccccc2)N1. The molecular formula is C25H36N2O3S. The van der Waals surface area contributed by atoms with Gasteiger partial charge in [0, 0.05) is 17.6 Å². The van der Waals surface area contributed by atoms with Crippen LogP contribution < -0.4 is 15.4 Å². The van der Waals surface area contributed by atoms with Gasteiger partial charge >= 0.3 is 0 Å². The van der Waals surface area contributed by atoms with Crippen LogP contribution in [0.5, 0.6) is 5.75 Å². The van der Waals surface area contributed by atoms with Gasteiger partial charge in [0.1, 0.15) is 5.75 Å². The summed E-state index contributed by atoms with van der Waals surface area (Å²) in [7, 11) is -1.84. The number of sulfone groups is 1. The van der Waals surface area contributed by atoms with Crippen LogP contribution in [-0.2, 0) is 16.4 Å². The summed E-state index contributed by atoms with van der Waals surface area (Å²) >= 11 is 0. The van der Waals surface area contributed by atoms with Crippen molar-refractivity contribution in [1.82, 2.24) is 10.6 Å². The zero-order valence-corrected chi connectivity index (χ0v) is 20.0. The summed E-state index contributed by atoms with van der Waals surface area (Å²) < 4.78 is 33.1. The molecule has 170 valence electrons. The van der Waals surface area contributed by atoms with E-state index in [0.29, 0.717) is 11.4 Å². The summed E-state index contributed by atoms with van der Waals surface area (Å²) in [6.07, 6.45) is 3.61. The van der Waals surface area contributed by atoms with Crippen LogP contribution in [0.4, 0.5) is 0 Å². The molecule has 0 aromatic heterocycles. The molecule has 2 aromatic rings. The summed E-state index contributed by atoms with van der Waals surface area (Å²) in [6.45, 7) is 7.65. The molecule has 0 amide bonds. The number of rotatable bonds is 9. The topological polar surface area (TPSA) is 67.4 Å². The van der Waals surface area contributed by atoms with Gasteiger partial charge in [-0.1, -0.05) is 63.9 Å². The van der Waals surface area contributed by atoms with E-state index in [1.54, 1.807) is 7.11 Å². The molecular weight excluding hydrogens is 408 g/mol. The fourth-order valence-corrected chi connectivity index (χ4v) is 6.69. The van der Waals surface area contributed by atoms with Crippen molar-refractivity contribution >= 4 is 9.84 Å². The van der Waals surface area contributed by atoms with Crippen LogP contribution >= 0.6 is 0 Å². The summed E-state index contributed by atoms with van der Waals surface area (Å²) in [5.74, 6) is 0.829. The number of fused-ring (bicyclic) bond motifs is 1. The van der Waals surface area contributed by atoms with Gasteiger partial charge in [-0.05, 0) is 42.6 Å². The molecule has 3 rings (SSSR count). The van der Waals surface area contributed by atoms with Crippen LogP contribution in [0, 0.1) is 0 Å². The molecule has 2 atom stereocenters. The molecule has 2 N–H and O–H groups in total. The van der Waals surface area contributed by atoms with Crippen molar-refractivity contribution in [3.05, 3.63) is 59.2 Å². The summed E-state index contributed by atoms with van der Waals surface area (Å²) in [6, 6.07) is 13.7. The maximum atomic E-state index is 13.7. The van der Waals surface area contributed by atoms with Gasteiger partial charge in [-0.2, -0.15) is 0 Å². The van der Waals surface area contributed by atoms with Crippen molar-refractivity contribution < 1.29 is 13.2 Å². The number of hydrogen-bond donors (Lipinski definition) is 2. The summed E-state index contributed by atoms with van der Waals surface area (Å²) in [4.78, 5) is 0.425. The number of methoxy groups -OCH3 is 1. The second kappa shape index (κ2) is 10.2. The molecule has 6 heteroatoms. The number of ether oxygens (including phenoxy) is 1. The minimum absolute atomic E-state index is 0.111. The first-order chi connectivity index (χ1) is 14.9. The van der Waals surface area contributed by atoms with Crippen molar-refractivity contribution in [3.63, 3.8) is 0 Å². The zero-order chi connectivity index (χ0) is 22.5. The van der Waals surface area contributed by atoms with Crippen molar-refractivity contribution in [2.75, 3.05) is 19.4 Å². The van der Waals surface area contributed by atoms with Crippen molar-refractivity contribution in [2.45, 2.75) is 69.5 Å². The molecule has 0 unspecified atom stereocenters. The molecule has 5 nitrogen and oxygen atoms in total. The minimum Gasteiger partial charge on any atom is -0.496 e. The van der Waals surface area contributed by atoms with E-state index < -0.39 is 15.4 Å². The molecule has 0 fully saturated rings. The first kappa shape index (κ1) is 23.8. The van der Waals surface area contributed by atoms with Crippen molar-refractivity contribution in [2.24, 2.45) is 0 Å². The maximum Gasteiger partial charge on any atom is 0.180 e. The normalized spacial score (nSPS) is 22.5. The molecule has 0 aliphatic carbocycles. The molecule has 1 aliphatic rings. The Kier molecular flexibility index (Phi) is 7.78. The van der Waals surface area contributed by atoms with Crippen molar-refractivity contribution in [3.8, 4) is 5.75 Å². The predicted molar refractivity (Wildman–Crippen MR) is 126 cm³/mol. The lowest BCUT2D eigenvalue weighted by atomic mass is 9.88. The second-order valence-corrected chi connectivity index (χ2v) is 10.4. The number of unbranched alkanes of at least 4 members (excludes halogenated alkanes) is 1. The van der Waals surface area contributed by atoms with Crippen LogP contribution in [0.25, 0.3) is 0 Å². The smallest absolute Gasteiger partial charge is 0.180 e. The van der Waals surface area contributed by atoms with Crippen LogP contribution in [0.2, 0.25) is 0 Å². The fourth-order valence-electron chi connectivity index (χ4n) is 4.52. The van der Waals surface area contributed by atoms with Crippen LogP contribution in [-0.4, -0.2) is 33.4 Å². The van der Waals surface area contributed by atoms with E-state index >= 15 is 0 Å². The number of nitrogens with one attached hydrogen (secondary N) is 2. The molecule has 31 heavy (non-hydrogen) atoms. The van der Waals surface area contributed by atoms with Crippen LogP contribution in [0.1, 0.15) is 69.2 Å². The first-order valence-corrected chi connectivity index (χ1v) is 13.0. The highest BCUT2D eigenvalue weighted by Crippen LogP contribution is 2.40. The van der Waals surface area contributed by atoms with Gasteiger partial charge < -0.3 is 10.1 Å². The third-order valence-corrected chi connectivity index (χ3v) is 8.32. The van der Waals surface area contributed by atoms with E-state index in [1.165, 1.54) is 0 Å². The maximum absolute atomic E-state index is 13.7.